The summed E-state index contributed by atoms with van der Waals surface area (Å²) in [4.78, 5) is 39.5. The van der Waals surface area contributed by atoms with E-state index in [9.17, 15) is 19.7 Å². The number of halogens is 1. The van der Waals surface area contributed by atoms with Crippen molar-refractivity contribution in [2.24, 2.45) is 0 Å². The van der Waals surface area contributed by atoms with Crippen LogP contribution in [0.5, 0.6) is 0 Å². The van der Waals surface area contributed by atoms with Gasteiger partial charge in [0.05, 0.1) is 11.0 Å². The molecule has 2 amide bonds. The third-order valence-corrected chi connectivity index (χ3v) is 4.89. The number of hydrogen-bond acceptors (Lipinski definition) is 5. The highest BCUT2D eigenvalue weighted by Crippen LogP contribution is 2.23. The van der Waals surface area contributed by atoms with Gasteiger partial charge in [-0.25, -0.2) is 4.79 Å². The number of rotatable bonds is 6. The van der Waals surface area contributed by atoms with Crippen molar-refractivity contribution in [3.8, 4) is 0 Å². The lowest BCUT2D eigenvalue weighted by Gasteiger charge is -2.41. The highest BCUT2D eigenvalue weighted by molar-refractivity contribution is 6.31. The van der Waals surface area contributed by atoms with Gasteiger partial charge in [-0.05, 0) is 60.5 Å². The smallest absolute Gasteiger partial charge is 0.410 e. The maximum atomic E-state index is 13.2. The highest BCUT2D eigenvalue weighted by Gasteiger charge is 2.34. The van der Waals surface area contributed by atoms with Crippen LogP contribution in [0.25, 0.3) is 0 Å². The zero-order valence-corrected chi connectivity index (χ0v) is 19.4. The molecule has 1 saturated heterocycles. The average molecular weight is 442 g/mol. The molecular weight excluding hydrogens is 410 g/mol. The molecule has 1 rings (SSSR count). The third-order valence-electron chi connectivity index (χ3n) is 4.54. The van der Waals surface area contributed by atoms with Gasteiger partial charge in [0.1, 0.15) is 10.6 Å². The van der Waals surface area contributed by atoms with Crippen molar-refractivity contribution in [3.05, 3.63) is 45.1 Å². The van der Waals surface area contributed by atoms with Crippen LogP contribution in [0.15, 0.2) is 35.0 Å². The lowest BCUT2D eigenvalue weighted by Crippen LogP contribution is -2.54. The summed E-state index contributed by atoms with van der Waals surface area (Å²) in [6, 6.07) is -0.387. The highest BCUT2D eigenvalue weighted by atomic mass is 35.5. The van der Waals surface area contributed by atoms with Crippen LogP contribution in [-0.4, -0.2) is 57.5 Å². The number of allylic oxidation sites excluding steroid dienone is 3. The van der Waals surface area contributed by atoms with Crippen LogP contribution in [0.4, 0.5) is 4.79 Å². The average Bonchev–Trinajstić information content (AvgIpc) is 2.63. The Hall–Kier alpha value is -2.35. The summed E-state index contributed by atoms with van der Waals surface area (Å²) in [6.07, 6.45) is 3.37. The molecule has 8 nitrogen and oxygen atoms in total. The van der Waals surface area contributed by atoms with Crippen LogP contribution in [0.3, 0.4) is 0 Å². The van der Waals surface area contributed by atoms with E-state index in [1.165, 1.54) is 6.92 Å². The summed E-state index contributed by atoms with van der Waals surface area (Å²) >= 11 is 5.86. The summed E-state index contributed by atoms with van der Waals surface area (Å²) in [6.45, 7) is 15.0. The van der Waals surface area contributed by atoms with Gasteiger partial charge in [-0.1, -0.05) is 18.2 Å². The molecule has 0 aliphatic carbocycles. The van der Waals surface area contributed by atoms with E-state index in [4.69, 9.17) is 16.3 Å². The molecule has 1 aliphatic rings. The number of amides is 2. The maximum Gasteiger partial charge on any atom is 0.410 e. The first-order chi connectivity index (χ1) is 13.8. The fourth-order valence-corrected chi connectivity index (χ4v) is 3.40. The van der Waals surface area contributed by atoms with Crippen molar-refractivity contribution in [1.29, 1.82) is 0 Å². The second-order valence-electron chi connectivity index (χ2n) is 8.55. The Morgan fingerprint density at radius 1 is 1.37 bits per heavy atom. The molecular formula is C21H32ClN3O5. The lowest BCUT2D eigenvalue weighted by atomic mass is 10.0. The predicted molar refractivity (Wildman–Crippen MR) is 117 cm³/mol. The minimum Gasteiger partial charge on any atom is -0.444 e. The number of nitro groups is 1. The van der Waals surface area contributed by atoms with Gasteiger partial charge in [-0.2, -0.15) is 0 Å². The van der Waals surface area contributed by atoms with Gasteiger partial charge in [-0.15, -0.1) is 0 Å². The Morgan fingerprint density at radius 3 is 2.43 bits per heavy atom. The van der Waals surface area contributed by atoms with Crippen molar-refractivity contribution < 1.29 is 19.2 Å². The van der Waals surface area contributed by atoms with E-state index in [-0.39, 0.29) is 34.3 Å². The number of ether oxygens (including phenoxy) is 1. The minimum atomic E-state index is -0.647. The second kappa shape index (κ2) is 10.6. The molecule has 1 atom stereocenters. The van der Waals surface area contributed by atoms with Crippen LogP contribution in [0, 0.1) is 10.1 Å². The molecule has 1 fully saturated rings. The van der Waals surface area contributed by atoms with E-state index >= 15 is 0 Å². The first-order valence-corrected chi connectivity index (χ1v) is 10.3. The van der Waals surface area contributed by atoms with E-state index in [1.807, 2.05) is 13.8 Å². The van der Waals surface area contributed by atoms with Gasteiger partial charge in [0.25, 0.3) is 5.70 Å². The van der Waals surface area contributed by atoms with Gasteiger partial charge in [0, 0.05) is 30.8 Å². The van der Waals surface area contributed by atoms with E-state index < -0.39 is 16.6 Å². The van der Waals surface area contributed by atoms with Crippen LogP contribution in [0.2, 0.25) is 0 Å². The summed E-state index contributed by atoms with van der Waals surface area (Å²) in [5.41, 5.74) is -0.808. The Morgan fingerprint density at radius 2 is 1.97 bits per heavy atom. The molecule has 0 aromatic rings. The van der Waals surface area contributed by atoms with Crippen LogP contribution >= 0.6 is 11.6 Å². The van der Waals surface area contributed by atoms with E-state index in [0.717, 1.165) is 25.0 Å². The number of likely N-dealkylation sites (tertiary alicyclic amines) is 1. The van der Waals surface area contributed by atoms with Gasteiger partial charge in [0.2, 0.25) is 5.91 Å². The number of hydrogen-bond donors (Lipinski definition) is 0. The van der Waals surface area contributed by atoms with Crippen molar-refractivity contribution >= 4 is 23.6 Å². The fraction of sp³-hybridized carbons (Fsp3) is 0.619. The van der Waals surface area contributed by atoms with Crippen molar-refractivity contribution in [3.63, 3.8) is 0 Å². The van der Waals surface area contributed by atoms with Crippen LogP contribution in [0.1, 0.15) is 54.4 Å². The minimum absolute atomic E-state index is 0.142. The summed E-state index contributed by atoms with van der Waals surface area (Å²) in [7, 11) is 0. The van der Waals surface area contributed by atoms with Crippen LogP contribution in [-0.2, 0) is 9.53 Å². The lowest BCUT2D eigenvalue weighted by molar-refractivity contribution is -0.419. The zero-order chi connectivity index (χ0) is 23.2. The summed E-state index contributed by atoms with van der Waals surface area (Å²) < 4.78 is 5.46. The van der Waals surface area contributed by atoms with Crippen LogP contribution < -0.4 is 0 Å². The quantitative estimate of drug-likeness (QED) is 0.262. The topological polar surface area (TPSA) is 93.0 Å². The summed E-state index contributed by atoms with van der Waals surface area (Å²) in [5, 5.41) is 11.1. The van der Waals surface area contributed by atoms with Crippen molar-refractivity contribution in [1.82, 2.24) is 9.80 Å². The molecule has 0 unspecified atom stereocenters. The van der Waals surface area contributed by atoms with Gasteiger partial charge >= 0.3 is 6.09 Å². The molecule has 0 aromatic carbocycles. The number of piperidine rings is 1. The van der Waals surface area contributed by atoms with Gasteiger partial charge < -0.3 is 14.5 Å². The molecule has 0 saturated carbocycles. The van der Waals surface area contributed by atoms with E-state index in [0.29, 0.717) is 13.1 Å². The Labute approximate surface area is 183 Å². The van der Waals surface area contributed by atoms with E-state index in [2.05, 4.69) is 6.58 Å². The molecule has 0 bridgehead atoms. The Balaban J connectivity index is 3.12. The van der Waals surface area contributed by atoms with E-state index in [1.54, 1.807) is 30.6 Å². The maximum absolute atomic E-state index is 13.2. The molecule has 1 heterocycles. The predicted octanol–water partition coefficient (Wildman–Crippen LogP) is 4.48. The third kappa shape index (κ3) is 7.16. The molecule has 30 heavy (non-hydrogen) atoms. The largest absolute Gasteiger partial charge is 0.444 e. The standard InChI is InChI=1S/C21H32ClN3O5/c1-8-17(22)18(25(28)29)12-15(4)19(26)24(14(2)3)16-10-9-11-23(13-16)20(27)30-21(5,6)7/h8,12,14,16H,1,9-11,13H2,2-7H3/b15-12+,18-17-/t16-/m1/s1. The molecule has 0 radical (unpaired) electrons. The number of carbonyl (C=O) groups is 2. The summed E-state index contributed by atoms with van der Waals surface area (Å²) in [5.74, 6) is -0.339. The Kier molecular flexibility index (Phi) is 9.09. The fourth-order valence-electron chi connectivity index (χ4n) is 3.28. The van der Waals surface area contributed by atoms with Crippen molar-refractivity contribution in [2.75, 3.05) is 13.1 Å². The number of carbonyl (C=O) groups excluding carboxylic acids is 2. The SMILES string of the molecule is C=C/C(Cl)=C(\C=C(/C)C(=O)N(C(C)C)[C@@H]1CCCN(C(=O)OC(C)(C)C)C1)[N+](=O)[O-]. The zero-order valence-electron chi connectivity index (χ0n) is 18.6. The molecule has 0 N–H and O–H groups in total. The second-order valence-corrected chi connectivity index (χ2v) is 8.96. The number of nitrogens with zero attached hydrogens (tertiary/aromatic N) is 3. The monoisotopic (exact) mass is 441 g/mol. The normalized spacial score (nSPS) is 18.6. The molecule has 1 aliphatic heterocycles. The first kappa shape index (κ1) is 25.7. The molecule has 9 heteroatoms. The molecule has 168 valence electrons. The molecule has 0 aromatic heterocycles. The van der Waals surface area contributed by atoms with Crippen molar-refractivity contribution in [2.45, 2.75) is 72.1 Å². The van der Waals surface area contributed by atoms with Gasteiger partial charge in [0.15, 0.2) is 0 Å². The Bertz CT molecular complexity index is 752. The first-order valence-electron chi connectivity index (χ1n) is 9.94. The van der Waals surface area contributed by atoms with Gasteiger partial charge in [-0.3, -0.25) is 14.9 Å². The molecule has 0 spiro atoms.